The van der Waals surface area contributed by atoms with Gasteiger partial charge in [0.15, 0.2) is 0 Å². The van der Waals surface area contributed by atoms with Crippen molar-refractivity contribution in [1.82, 2.24) is 4.90 Å². The zero-order chi connectivity index (χ0) is 11.2. The average molecular weight is 200 g/mol. The molecule has 0 aliphatic rings. The van der Waals surface area contributed by atoms with Gasteiger partial charge in [0.2, 0.25) is 0 Å². The topological polar surface area (TPSA) is 3.24 Å². The van der Waals surface area contributed by atoms with Gasteiger partial charge in [-0.3, -0.25) is 0 Å². The van der Waals surface area contributed by atoms with Crippen LogP contribution in [-0.4, -0.2) is 25.0 Å². The molecule has 0 unspecified atom stereocenters. The van der Waals surface area contributed by atoms with Crippen LogP contribution in [0.2, 0.25) is 0 Å². The fraction of sp³-hybridized carbons (Fsp3) is 0.923. The van der Waals surface area contributed by atoms with E-state index < -0.39 is 0 Å². The van der Waals surface area contributed by atoms with Gasteiger partial charge in [-0.1, -0.05) is 59.8 Å². The van der Waals surface area contributed by atoms with Crippen molar-refractivity contribution in [3.05, 3.63) is 6.92 Å². The molecule has 14 heavy (non-hydrogen) atoms. The predicted octanol–water partition coefficient (Wildman–Crippen LogP) is 4.14. The number of rotatable bonds is 7. The largest absolute Gasteiger partial charge is 0.307 e. The molecule has 0 aliphatic heterocycles. The zero-order valence-corrected chi connectivity index (χ0v) is 10.8. The molecule has 0 atom stereocenters. The quantitative estimate of drug-likeness (QED) is 0.558. The summed E-state index contributed by atoms with van der Waals surface area (Å²) in [6.45, 7) is 12.8. The molecular weight excluding hydrogens is 170 g/mol. The van der Waals surface area contributed by atoms with E-state index in [0.717, 1.165) is 6.42 Å². The number of hydrogen-bond donors (Lipinski definition) is 0. The first-order chi connectivity index (χ1) is 6.72. The Morgan fingerprint density at radius 1 is 0.929 bits per heavy atom. The highest BCUT2D eigenvalue weighted by Crippen LogP contribution is 1.95. The lowest BCUT2D eigenvalue weighted by Gasteiger charge is -2.11. The molecule has 0 rings (SSSR count). The van der Waals surface area contributed by atoms with Crippen molar-refractivity contribution >= 4 is 0 Å². The summed E-state index contributed by atoms with van der Waals surface area (Å²) in [5, 5.41) is 0. The van der Waals surface area contributed by atoms with E-state index in [2.05, 4.69) is 39.6 Å². The van der Waals surface area contributed by atoms with Crippen LogP contribution in [0.4, 0.5) is 0 Å². The summed E-state index contributed by atoms with van der Waals surface area (Å²) < 4.78 is 0. The van der Waals surface area contributed by atoms with Crippen LogP contribution in [0.1, 0.15) is 59.3 Å². The average Bonchev–Trinajstić information content (AvgIpc) is 2.23. The van der Waals surface area contributed by atoms with Gasteiger partial charge < -0.3 is 4.90 Å². The zero-order valence-electron chi connectivity index (χ0n) is 10.8. The van der Waals surface area contributed by atoms with Crippen LogP contribution >= 0.6 is 0 Å². The lowest BCUT2D eigenvalue weighted by atomic mass is 10.2. The molecule has 0 saturated carbocycles. The molecule has 0 fully saturated rings. The highest BCUT2D eigenvalue weighted by molar-refractivity contribution is 4.44. The maximum atomic E-state index is 3.72. The minimum absolute atomic E-state index is 1.10. The predicted molar refractivity (Wildman–Crippen MR) is 67.6 cm³/mol. The van der Waals surface area contributed by atoms with Crippen LogP contribution in [0.15, 0.2) is 0 Å². The second-order valence-corrected chi connectivity index (χ2v) is 3.81. The minimum atomic E-state index is 1.10. The smallest absolute Gasteiger partial charge is 0.00220 e. The van der Waals surface area contributed by atoms with E-state index in [1.54, 1.807) is 0 Å². The summed E-state index contributed by atoms with van der Waals surface area (Å²) in [6, 6.07) is 0. The lowest BCUT2D eigenvalue weighted by molar-refractivity contribution is 0.346. The Balaban J connectivity index is 0. The Hall–Kier alpha value is -0.0400. The van der Waals surface area contributed by atoms with Crippen LogP contribution in [0.3, 0.4) is 0 Å². The SMILES string of the molecule is CCCCN(C)CC.[CH2]CCCCC. The van der Waals surface area contributed by atoms with Gasteiger partial charge in [0.25, 0.3) is 0 Å². The van der Waals surface area contributed by atoms with Gasteiger partial charge in [-0.2, -0.15) is 0 Å². The number of unbranched alkanes of at least 4 members (excludes halogenated alkanes) is 4. The van der Waals surface area contributed by atoms with Gasteiger partial charge in [-0.15, -0.1) is 0 Å². The highest BCUT2D eigenvalue weighted by atomic mass is 15.1. The molecule has 0 saturated heterocycles. The molecule has 0 N–H and O–H groups in total. The summed E-state index contributed by atoms with van der Waals surface area (Å²) in [5.74, 6) is 0. The van der Waals surface area contributed by atoms with Crippen molar-refractivity contribution in [3.63, 3.8) is 0 Å². The van der Waals surface area contributed by atoms with Gasteiger partial charge in [0.05, 0.1) is 0 Å². The molecule has 0 aromatic heterocycles. The van der Waals surface area contributed by atoms with Crippen molar-refractivity contribution in [2.75, 3.05) is 20.1 Å². The minimum Gasteiger partial charge on any atom is -0.307 e. The van der Waals surface area contributed by atoms with Gasteiger partial charge in [-0.05, 0) is 26.6 Å². The third kappa shape index (κ3) is 17.9. The monoisotopic (exact) mass is 200 g/mol. The van der Waals surface area contributed by atoms with Crippen LogP contribution < -0.4 is 0 Å². The second-order valence-electron chi connectivity index (χ2n) is 3.81. The van der Waals surface area contributed by atoms with Crippen molar-refractivity contribution in [2.24, 2.45) is 0 Å². The van der Waals surface area contributed by atoms with E-state index in [9.17, 15) is 0 Å². The first-order valence-electron chi connectivity index (χ1n) is 6.20. The summed E-state index contributed by atoms with van der Waals surface area (Å²) >= 11 is 0. The maximum absolute atomic E-state index is 3.72. The Bertz CT molecular complexity index is 77.3. The Morgan fingerprint density at radius 3 is 1.79 bits per heavy atom. The summed E-state index contributed by atoms with van der Waals surface area (Å²) in [6.07, 6.45) is 7.72. The Labute approximate surface area is 91.9 Å². The molecule has 1 nitrogen and oxygen atoms in total. The molecule has 0 amide bonds. The lowest BCUT2D eigenvalue weighted by Crippen LogP contribution is -2.18. The van der Waals surface area contributed by atoms with Crippen LogP contribution in [0, 0.1) is 6.92 Å². The third-order valence-corrected chi connectivity index (χ3v) is 2.29. The van der Waals surface area contributed by atoms with Gasteiger partial charge >= 0.3 is 0 Å². The first kappa shape index (κ1) is 16.4. The fourth-order valence-electron chi connectivity index (χ4n) is 1.01. The standard InChI is InChI=1S/C7H17N.C6H13/c1-4-6-7-8(3)5-2;1-3-5-6-4-2/h4-7H2,1-3H3;1,3-6H2,2H3. The highest BCUT2D eigenvalue weighted by Gasteiger charge is 1.89. The summed E-state index contributed by atoms with van der Waals surface area (Å²) in [4.78, 5) is 2.34. The van der Waals surface area contributed by atoms with E-state index in [1.807, 2.05) is 0 Å². The van der Waals surface area contributed by atoms with E-state index >= 15 is 0 Å². The number of hydrogen-bond acceptors (Lipinski definition) is 1. The molecule has 0 bridgehead atoms. The van der Waals surface area contributed by atoms with Crippen molar-refractivity contribution in [1.29, 1.82) is 0 Å². The molecule has 0 aromatic carbocycles. The van der Waals surface area contributed by atoms with Crippen molar-refractivity contribution in [2.45, 2.75) is 59.3 Å². The molecule has 0 heterocycles. The van der Waals surface area contributed by atoms with Crippen LogP contribution in [0.25, 0.3) is 0 Å². The van der Waals surface area contributed by atoms with E-state index in [1.165, 1.54) is 45.2 Å². The van der Waals surface area contributed by atoms with Gasteiger partial charge in [0.1, 0.15) is 0 Å². The van der Waals surface area contributed by atoms with Crippen LogP contribution in [0.5, 0.6) is 0 Å². The van der Waals surface area contributed by atoms with Crippen molar-refractivity contribution < 1.29 is 0 Å². The molecule has 1 heteroatoms. The molecule has 0 spiro atoms. The summed E-state index contributed by atoms with van der Waals surface area (Å²) in [5.41, 5.74) is 0. The van der Waals surface area contributed by atoms with E-state index in [4.69, 9.17) is 0 Å². The summed E-state index contributed by atoms with van der Waals surface area (Å²) in [7, 11) is 2.16. The van der Waals surface area contributed by atoms with E-state index in [-0.39, 0.29) is 0 Å². The van der Waals surface area contributed by atoms with Gasteiger partial charge in [0, 0.05) is 0 Å². The molecule has 1 radical (unpaired) electrons. The normalized spacial score (nSPS) is 9.86. The Morgan fingerprint density at radius 2 is 1.50 bits per heavy atom. The molecule has 87 valence electrons. The second kappa shape index (κ2) is 15.4. The Kier molecular flexibility index (Phi) is 18.1. The molecule has 0 aromatic rings. The third-order valence-electron chi connectivity index (χ3n) is 2.29. The van der Waals surface area contributed by atoms with Gasteiger partial charge in [-0.25, -0.2) is 0 Å². The van der Waals surface area contributed by atoms with E-state index in [0.29, 0.717) is 0 Å². The fourth-order valence-corrected chi connectivity index (χ4v) is 1.01. The molecular formula is C13H30N. The maximum Gasteiger partial charge on any atom is -0.00220 e. The first-order valence-corrected chi connectivity index (χ1v) is 6.20. The van der Waals surface area contributed by atoms with Crippen LogP contribution in [-0.2, 0) is 0 Å². The van der Waals surface area contributed by atoms with Crippen molar-refractivity contribution in [3.8, 4) is 0 Å². The molecule has 0 aliphatic carbocycles. The number of nitrogens with zero attached hydrogens (tertiary/aromatic N) is 1.